The molecule has 3 nitrogen and oxygen atoms in total. The molecule has 0 amide bonds. The van der Waals surface area contributed by atoms with E-state index in [2.05, 4.69) is 27.1 Å². The van der Waals surface area contributed by atoms with E-state index in [-0.39, 0.29) is 6.04 Å². The van der Waals surface area contributed by atoms with Crippen molar-refractivity contribution in [2.75, 3.05) is 0 Å². The Kier molecular flexibility index (Phi) is 3.23. The lowest BCUT2D eigenvalue weighted by atomic mass is 10.1. The second-order valence-electron chi connectivity index (χ2n) is 3.43. The molecule has 2 rings (SSSR count). The van der Waals surface area contributed by atoms with E-state index < -0.39 is 0 Å². The first kappa shape index (κ1) is 10.9. The normalized spacial score (nSPS) is 13.0. The van der Waals surface area contributed by atoms with Gasteiger partial charge in [0, 0.05) is 30.6 Å². The van der Waals surface area contributed by atoms with E-state index in [0.717, 1.165) is 15.9 Å². The molecule has 1 unspecified atom stereocenters. The van der Waals surface area contributed by atoms with Crippen LogP contribution >= 0.6 is 27.3 Å². The van der Waals surface area contributed by atoms with E-state index in [1.54, 1.807) is 16.0 Å². The van der Waals surface area contributed by atoms with Crippen molar-refractivity contribution in [2.24, 2.45) is 12.8 Å². The Morgan fingerprint density at radius 1 is 1.53 bits per heavy atom. The number of halogens is 1. The van der Waals surface area contributed by atoms with Gasteiger partial charge in [-0.1, -0.05) is 0 Å². The van der Waals surface area contributed by atoms with Crippen molar-refractivity contribution >= 4 is 27.3 Å². The van der Waals surface area contributed by atoms with Crippen molar-refractivity contribution < 1.29 is 0 Å². The maximum Gasteiger partial charge on any atom is 0.0701 e. The highest BCUT2D eigenvalue weighted by Crippen LogP contribution is 2.27. The summed E-state index contributed by atoms with van der Waals surface area (Å²) < 4.78 is 2.92. The monoisotopic (exact) mass is 285 g/mol. The molecule has 0 fully saturated rings. The van der Waals surface area contributed by atoms with Gasteiger partial charge in [0.25, 0.3) is 0 Å². The molecule has 5 heteroatoms. The fraction of sp³-hybridized carbons (Fsp3) is 0.300. The molecule has 0 aliphatic heterocycles. The fourth-order valence-electron chi connectivity index (χ4n) is 1.43. The van der Waals surface area contributed by atoms with Crippen molar-refractivity contribution in [3.8, 4) is 0 Å². The van der Waals surface area contributed by atoms with Crippen LogP contribution in [0.1, 0.15) is 16.6 Å². The van der Waals surface area contributed by atoms with Crippen LogP contribution in [0.5, 0.6) is 0 Å². The predicted molar refractivity (Wildman–Crippen MR) is 65.9 cm³/mol. The molecule has 2 heterocycles. The molecule has 2 aromatic heterocycles. The Hall–Kier alpha value is -0.650. The van der Waals surface area contributed by atoms with E-state index >= 15 is 0 Å². The lowest BCUT2D eigenvalue weighted by Gasteiger charge is -2.06. The Morgan fingerprint density at radius 2 is 2.33 bits per heavy atom. The molecule has 0 saturated carbocycles. The first-order chi connectivity index (χ1) is 7.15. The largest absolute Gasteiger partial charge is 0.323 e. The first-order valence-corrected chi connectivity index (χ1v) is 6.25. The highest BCUT2D eigenvalue weighted by atomic mass is 79.9. The van der Waals surface area contributed by atoms with Crippen LogP contribution in [0.4, 0.5) is 0 Å². The minimum Gasteiger partial charge on any atom is -0.323 e. The summed E-state index contributed by atoms with van der Waals surface area (Å²) in [5, 5.41) is 4.31. The third-order valence-electron chi connectivity index (χ3n) is 2.16. The minimum atomic E-state index is 0.0381. The number of aromatic nitrogens is 2. The van der Waals surface area contributed by atoms with Gasteiger partial charge in [-0.05, 0) is 34.1 Å². The van der Waals surface area contributed by atoms with Crippen LogP contribution in [0.3, 0.4) is 0 Å². The van der Waals surface area contributed by atoms with Gasteiger partial charge in [0.2, 0.25) is 0 Å². The lowest BCUT2D eigenvalue weighted by molar-refractivity contribution is 0.683. The standard InChI is InChI=1S/C10H12BrN3S/c1-14-5-4-7(13-14)6-8(12)9-2-3-10(11)15-9/h2-5,8H,6,12H2,1H3. The molecule has 0 saturated heterocycles. The van der Waals surface area contributed by atoms with Crippen molar-refractivity contribution in [2.45, 2.75) is 12.5 Å². The van der Waals surface area contributed by atoms with E-state index in [4.69, 9.17) is 5.73 Å². The maximum absolute atomic E-state index is 6.09. The number of rotatable bonds is 3. The molecule has 0 bridgehead atoms. The van der Waals surface area contributed by atoms with Gasteiger partial charge < -0.3 is 5.73 Å². The van der Waals surface area contributed by atoms with E-state index in [9.17, 15) is 0 Å². The molecule has 0 aliphatic carbocycles. The SMILES string of the molecule is Cn1ccc(CC(N)c2ccc(Br)s2)n1. The molecule has 80 valence electrons. The topological polar surface area (TPSA) is 43.8 Å². The number of hydrogen-bond donors (Lipinski definition) is 1. The highest BCUT2D eigenvalue weighted by Gasteiger charge is 2.10. The van der Waals surface area contributed by atoms with Crippen LogP contribution in [0.2, 0.25) is 0 Å². The van der Waals surface area contributed by atoms with Crippen LogP contribution < -0.4 is 5.73 Å². The number of aryl methyl sites for hydroxylation is 1. The Bertz CT molecular complexity index is 449. The molecule has 0 spiro atoms. The van der Waals surface area contributed by atoms with E-state index in [1.165, 1.54) is 4.88 Å². The van der Waals surface area contributed by atoms with Gasteiger partial charge in [-0.25, -0.2) is 0 Å². The van der Waals surface area contributed by atoms with Crippen molar-refractivity contribution in [3.63, 3.8) is 0 Å². The number of hydrogen-bond acceptors (Lipinski definition) is 3. The second-order valence-corrected chi connectivity index (χ2v) is 5.93. The van der Waals surface area contributed by atoms with Crippen LogP contribution in [-0.4, -0.2) is 9.78 Å². The highest BCUT2D eigenvalue weighted by molar-refractivity contribution is 9.11. The second kappa shape index (κ2) is 4.47. The molecule has 2 aromatic rings. The summed E-state index contributed by atoms with van der Waals surface area (Å²) in [5.41, 5.74) is 7.13. The summed E-state index contributed by atoms with van der Waals surface area (Å²) in [6, 6.07) is 6.12. The summed E-state index contributed by atoms with van der Waals surface area (Å²) in [6.45, 7) is 0. The quantitative estimate of drug-likeness (QED) is 0.942. The fourth-order valence-corrected chi connectivity index (χ4v) is 2.85. The zero-order chi connectivity index (χ0) is 10.8. The molecule has 0 aliphatic rings. The maximum atomic E-state index is 6.09. The predicted octanol–water partition coefficient (Wildman–Crippen LogP) is 2.49. The van der Waals surface area contributed by atoms with Crippen LogP contribution in [0.25, 0.3) is 0 Å². The van der Waals surface area contributed by atoms with Crippen LogP contribution in [0, 0.1) is 0 Å². The zero-order valence-corrected chi connectivity index (χ0v) is 10.8. The number of thiophene rings is 1. The summed E-state index contributed by atoms with van der Waals surface area (Å²) in [6.07, 6.45) is 2.72. The zero-order valence-electron chi connectivity index (χ0n) is 8.35. The molecular formula is C10H12BrN3S. The molecule has 2 N–H and O–H groups in total. The van der Waals surface area contributed by atoms with Gasteiger partial charge in [-0.3, -0.25) is 4.68 Å². The average molecular weight is 286 g/mol. The van der Waals surface area contributed by atoms with Crippen LogP contribution in [-0.2, 0) is 13.5 Å². The molecular weight excluding hydrogens is 274 g/mol. The van der Waals surface area contributed by atoms with E-state index in [1.807, 2.05) is 25.4 Å². The minimum absolute atomic E-state index is 0.0381. The number of nitrogens with two attached hydrogens (primary N) is 1. The smallest absolute Gasteiger partial charge is 0.0701 e. The van der Waals surface area contributed by atoms with Crippen molar-refractivity contribution in [3.05, 3.63) is 38.8 Å². The van der Waals surface area contributed by atoms with Gasteiger partial charge in [0.1, 0.15) is 0 Å². The van der Waals surface area contributed by atoms with Gasteiger partial charge in [0.05, 0.1) is 9.48 Å². The third-order valence-corrected chi connectivity index (χ3v) is 3.91. The van der Waals surface area contributed by atoms with Crippen molar-refractivity contribution in [1.82, 2.24) is 9.78 Å². The summed E-state index contributed by atoms with van der Waals surface area (Å²) in [5.74, 6) is 0. The number of nitrogens with zero attached hydrogens (tertiary/aromatic N) is 2. The van der Waals surface area contributed by atoms with Gasteiger partial charge >= 0.3 is 0 Å². The average Bonchev–Trinajstić information content (AvgIpc) is 2.75. The Labute approximate surface area is 101 Å². The lowest BCUT2D eigenvalue weighted by Crippen LogP contribution is -2.12. The van der Waals surface area contributed by atoms with Crippen molar-refractivity contribution in [1.29, 1.82) is 0 Å². The van der Waals surface area contributed by atoms with E-state index in [0.29, 0.717) is 0 Å². The summed E-state index contributed by atoms with van der Waals surface area (Å²) >= 11 is 5.11. The van der Waals surface area contributed by atoms with Gasteiger partial charge in [-0.2, -0.15) is 5.10 Å². The molecule has 0 aromatic carbocycles. The summed E-state index contributed by atoms with van der Waals surface area (Å²) in [4.78, 5) is 1.19. The van der Waals surface area contributed by atoms with Gasteiger partial charge in [0.15, 0.2) is 0 Å². The molecule has 0 radical (unpaired) electrons. The van der Waals surface area contributed by atoms with Crippen LogP contribution in [0.15, 0.2) is 28.2 Å². The summed E-state index contributed by atoms with van der Waals surface area (Å²) in [7, 11) is 1.91. The Balaban J connectivity index is 2.06. The Morgan fingerprint density at radius 3 is 2.87 bits per heavy atom. The molecule has 1 atom stereocenters. The van der Waals surface area contributed by atoms with Gasteiger partial charge in [-0.15, -0.1) is 11.3 Å². The first-order valence-electron chi connectivity index (χ1n) is 4.64. The third kappa shape index (κ3) is 2.68. The molecule has 15 heavy (non-hydrogen) atoms.